The van der Waals surface area contributed by atoms with Crippen molar-refractivity contribution in [2.45, 2.75) is 39.1 Å². The molecular weight excluding hydrogens is 338 g/mol. The monoisotopic (exact) mass is 363 g/mol. The third-order valence-electron chi connectivity index (χ3n) is 4.86. The second kappa shape index (κ2) is 6.90. The smallest absolute Gasteiger partial charge is 0.243 e. The van der Waals surface area contributed by atoms with Gasteiger partial charge in [0.05, 0.1) is 10.6 Å². The maximum Gasteiger partial charge on any atom is 0.243 e. The average molecular weight is 363 g/mol. The van der Waals surface area contributed by atoms with E-state index >= 15 is 0 Å². The van der Waals surface area contributed by atoms with Gasteiger partial charge in [-0.05, 0) is 44.9 Å². The van der Waals surface area contributed by atoms with Gasteiger partial charge >= 0.3 is 0 Å². The molecule has 0 radical (unpaired) electrons. The van der Waals surface area contributed by atoms with E-state index in [1.54, 1.807) is 10.4 Å². The van der Waals surface area contributed by atoms with Crippen molar-refractivity contribution in [3.63, 3.8) is 0 Å². The van der Waals surface area contributed by atoms with Crippen LogP contribution < -0.4 is 0 Å². The van der Waals surface area contributed by atoms with E-state index in [9.17, 15) is 8.42 Å². The van der Waals surface area contributed by atoms with Crippen LogP contribution in [0, 0.1) is 27.7 Å². The van der Waals surface area contributed by atoms with Gasteiger partial charge in [-0.1, -0.05) is 17.3 Å². The molecule has 0 amide bonds. The molecule has 0 unspecified atom stereocenters. The predicted molar refractivity (Wildman–Crippen MR) is 95.9 cm³/mol. The summed E-state index contributed by atoms with van der Waals surface area (Å²) in [4.78, 5) is 2.67. The zero-order chi connectivity index (χ0) is 18.2. The van der Waals surface area contributed by atoms with Gasteiger partial charge in [0.2, 0.25) is 10.0 Å². The number of nitrogens with zero attached hydrogens (tertiary/aromatic N) is 3. The number of piperazine rings is 1. The minimum Gasteiger partial charge on any atom is -0.361 e. The molecule has 0 aliphatic carbocycles. The fourth-order valence-electron chi connectivity index (χ4n) is 3.20. The summed E-state index contributed by atoms with van der Waals surface area (Å²) in [5, 5.41) is 3.99. The second-order valence-corrected chi connectivity index (χ2v) is 8.66. The lowest BCUT2D eigenvalue weighted by molar-refractivity contribution is 0.180. The van der Waals surface area contributed by atoms with Crippen molar-refractivity contribution in [1.82, 2.24) is 14.4 Å². The van der Waals surface area contributed by atoms with Crippen LogP contribution in [0.4, 0.5) is 0 Å². The molecule has 1 saturated heterocycles. The SMILES string of the molecule is Cc1ccc(C)c(S(=O)(=O)N2CCN(Cc3c(C)noc3C)CC2)c1. The highest BCUT2D eigenvalue weighted by atomic mass is 32.2. The van der Waals surface area contributed by atoms with Gasteiger partial charge in [-0.2, -0.15) is 4.31 Å². The first-order chi connectivity index (χ1) is 11.8. The van der Waals surface area contributed by atoms with Crippen molar-refractivity contribution >= 4 is 10.0 Å². The molecule has 0 bridgehead atoms. The van der Waals surface area contributed by atoms with Crippen molar-refractivity contribution in [3.05, 3.63) is 46.3 Å². The molecule has 0 N–H and O–H groups in total. The lowest BCUT2D eigenvalue weighted by Crippen LogP contribution is -2.48. The van der Waals surface area contributed by atoms with E-state index in [1.165, 1.54) is 0 Å². The van der Waals surface area contributed by atoms with Crippen LogP contribution in [-0.4, -0.2) is 49.0 Å². The number of benzene rings is 1. The van der Waals surface area contributed by atoms with Crippen molar-refractivity contribution in [2.75, 3.05) is 26.2 Å². The molecule has 1 aromatic carbocycles. The number of aromatic nitrogens is 1. The fraction of sp³-hybridized carbons (Fsp3) is 0.500. The highest BCUT2D eigenvalue weighted by Crippen LogP contribution is 2.23. The van der Waals surface area contributed by atoms with Crippen LogP contribution in [0.25, 0.3) is 0 Å². The van der Waals surface area contributed by atoms with Crippen LogP contribution in [0.3, 0.4) is 0 Å². The van der Waals surface area contributed by atoms with Crippen LogP contribution in [0.15, 0.2) is 27.6 Å². The van der Waals surface area contributed by atoms with E-state index in [0.29, 0.717) is 31.1 Å². The highest BCUT2D eigenvalue weighted by molar-refractivity contribution is 7.89. The van der Waals surface area contributed by atoms with Gasteiger partial charge in [0.15, 0.2) is 0 Å². The van der Waals surface area contributed by atoms with Crippen LogP contribution in [0.1, 0.15) is 28.1 Å². The standard InChI is InChI=1S/C18H25N3O3S/c1-13-5-6-14(2)18(11-13)25(22,23)21-9-7-20(8-10-21)12-17-15(3)19-24-16(17)4/h5-6,11H,7-10,12H2,1-4H3. The highest BCUT2D eigenvalue weighted by Gasteiger charge is 2.30. The molecule has 0 spiro atoms. The summed E-state index contributed by atoms with van der Waals surface area (Å²) >= 11 is 0. The van der Waals surface area contributed by atoms with E-state index in [4.69, 9.17) is 4.52 Å². The number of hydrogen-bond donors (Lipinski definition) is 0. The van der Waals surface area contributed by atoms with Crippen LogP contribution >= 0.6 is 0 Å². The Balaban J connectivity index is 1.70. The summed E-state index contributed by atoms with van der Waals surface area (Å²) in [6, 6.07) is 5.58. The Morgan fingerprint density at radius 3 is 2.36 bits per heavy atom. The first-order valence-corrected chi connectivity index (χ1v) is 9.94. The van der Waals surface area contributed by atoms with Gasteiger partial charge in [-0.3, -0.25) is 4.90 Å². The quantitative estimate of drug-likeness (QED) is 0.835. The Kier molecular flexibility index (Phi) is 4.99. The number of aryl methyl sites for hydroxylation is 4. The topological polar surface area (TPSA) is 66.7 Å². The molecular formula is C18H25N3O3S. The van der Waals surface area contributed by atoms with Crippen molar-refractivity contribution < 1.29 is 12.9 Å². The molecule has 6 nitrogen and oxygen atoms in total. The van der Waals surface area contributed by atoms with Gasteiger partial charge in [0.25, 0.3) is 0 Å². The molecule has 1 fully saturated rings. The largest absolute Gasteiger partial charge is 0.361 e. The molecule has 0 saturated carbocycles. The first kappa shape index (κ1) is 18.1. The Bertz CT molecular complexity index is 846. The molecule has 136 valence electrons. The lowest BCUT2D eigenvalue weighted by atomic mass is 10.2. The number of rotatable bonds is 4. The molecule has 1 aliphatic heterocycles. The maximum atomic E-state index is 13.0. The zero-order valence-corrected chi connectivity index (χ0v) is 16.1. The Labute approximate surface area is 149 Å². The Morgan fingerprint density at radius 1 is 1.08 bits per heavy atom. The Morgan fingerprint density at radius 2 is 1.76 bits per heavy atom. The Hall–Kier alpha value is -1.70. The molecule has 1 aromatic heterocycles. The van der Waals surface area contributed by atoms with Crippen LogP contribution in [-0.2, 0) is 16.6 Å². The third-order valence-corrected chi connectivity index (χ3v) is 6.90. The summed E-state index contributed by atoms with van der Waals surface area (Å²) in [6.07, 6.45) is 0. The minimum atomic E-state index is -3.44. The average Bonchev–Trinajstić information content (AvgIpc) is 2.89. The summed E-state index contributed by atoms with van der Waals surface area (Å²) in [5.41, 5.74) is 3.76. The van der Waals surface area contributed by atoms with Crippen LogP contribution in [0.2, 0.25) is 0 Å². The molecule has 1 aliphatic rings. The van der Waals surface area contributed by atoms with E-state index < -0.39 is 10.0 Å². The normalized spacial score (nSPS) is 17.1. The van der Waals surface area contributed by atoms with Crippen molar-refractivity contribution in [3.8, 4) is 0 Å². The first-order valence-electron chi connectivity index (χ1n) is 8.50. The maximum absolute atomic E-state index is 13.0. The van der Waals surface area contributed by atoms with E-state index in [0.717, 1.165) is 34.7 Å². The fourth-order valence-corrected chi connectivity index (χ4v) is 4.94. The summed E-state index contributed by atoms with van der Waals surface area (Å²) in [5.74, 6) is 0.836. The molecule has 25 heavy (non-hydrogen) atoms. The van der Waals surface area contributed by atoms with Crippen LogP contribution in [0.5, 0.6) is 0 Å². The lowest BCUT2D eigenvalue weighted by Gasteiger charge is -2.34. The molecule has 0 atom stereocenters. The van der Waals surface area contributed by atoms with E-state index in [1.807, 2.05) is 39.8 Å². The van der Waals surface area contributed by atoms with Crippen molar-refractivity contribution in [2.24, 2.45) is 0 Å². The summed E-state index contributed by atoms with van der Waals surface area (Å²) < 4.78 is 32.8. The number of hydrogen-bond acceptors (Lipinski definition) is 5. The van der Waals surface area contributed by atoms with E-state index in [2.05, 4.69) is 10.1 Å². The molecule has 2 heterocycles. The summed E-state index contributed by atoms with van der Waals surface area (Å²) in [7, 11) is -3.44. The van der Waals surface area contributed by atoms with Gasteiger partial charge in [0.1, 0.15) is 5.76 Å². The van der Waals surface area contributed by atoms with E-state index in [-0.39, 0.29) is 0 Å². The molecule has 3 rings (SSSR count). The third kappa shape index (κ3) is 3.63. The van der Waals surface area contributed by atoms with Gasteiger partial charge < -0.3 is 4.52 Å². The zero-order valence-electron chi connectivity index (χ0n) is 15.2. The predicted octanol–water partition coefficient (Wildman–Crippen LogP) is 2.41. The molecule has 7 heteroatoms. The van der Waals surface area contributed by atoms with Gasteiger partial charge in [-0.15, -0.1) is 0 Å². The van der Waals surface area contributed by atoms with Gasteiger partial charge in [0, 0.05) is 38.3 Å². The van der Waals surface area contributed by atoms with Crippen molar-refractivity contribution in [1.29, 1.82) is 0 Å². The van der Waals surface area contributed by atoms with Gasteiger partial charge in [-0.25, -0.2) is 8.42 Å². The second-order valence-electron chi connectivity index (χ2n) is 6.75. The minimum absolute atomic E-state index is 0.423. The summed E-state index contributed by atoms with van der Waals surface area (Å²) in [6.45, 7) is 10.8. The number of sulfonamides is 1. The molecule has 2 aromatic rings.